The van der Waals surface area contributed by atoms with Crippen molar-refractivity contribution in [1.29, 1.82) is 0 Å². The minimum Gasteiger partial charge on any atom is -0.507 e. The van der Waals surface area contributed by atoms with Crippen molar-refractivity contribution < 1.29 is 9.90 Å². The number of hydrogen-bond donors (Lipinski definition) is 1. The van der Waals surface area contributed by atoms with Gasteiger partial charge in [0.25, 0.3) is 0 Å². The lowest BCUT2D eigenvalue weighted by Gasteiger charge is -2.48. The summed E-state index contributed by atoms with van der Waals surface area (Å²) in [5, 5.41) is 13.6. The average molecular weight is 311 g/mol. The van der Waals surface area contributed by atoms with E-state index in [0.29, 0.717) is 29.2 Å². The highest BCUT2D eigenvalue weighted by Gasteiger charge is 2.54. The highest BCUT2D eigenvalue weighted by molar-refractivity contribution is 5.87. The maximum atomic E-state index is 12.3. The molecule has 0 amide bonds. The van der Waals surface area contributed by atoms with E-state index in [0.717, 1.165) is 38.5 Å². The molecule has 0 aliphatic heterocycles. The smallest absolute Gasteiger partial charge is 0.139 e. The van der Waals surface area contributed by atoms with E-state index in [4.69, 9.17) is 5.53 Å². The molecule has 4 rings (SSSR count). The van der Waals surface area contributed by atoms with Crippen LogP contribution >= 0.6 is 0 Å². The van der Waals surface area contributed by atoms with E-state index < -0.39 is 0 Å². The quantitative estimate of drug-likeness (QED) is 0.460. The van der Waals surface area contributed by atoms with E-state index in [1.807, 2.05) is 6.07 Å². The Morgan fingerprint density at radius 2 is 2.13 bits per heavy atom. The largest absolute Gasteiger partial charge is 0.507 e. The Balaban J connectivity index is 1.76. The number of rotatable bonds is 1. The lowest BCUT2D eigenvalue weighted by atomic mass is 9.55. The molecular weight excluding hydrogens is 290 g/mol. The van der Waals surface area contributed by atoms with Gasteiger partial charge in [0.15, 0.2) is 0 Å². The zero-order valence-corrected chi connectivity index (χ0v) is 13.3. The van der Waals surface area contributed by atoms with Crippen LogP contribution in [-0.2, 0) is 11.2 Å². The van der Waals surface area contributed by atoms with Crippen LogP contribution in [0.4, 0.5) is 5.69 Å². The Labute approximate surface area is 135 Å². The van der Waals surface area contributed by atoms with Crippen molar-refractivity contribution in [2.45, 2.75) is 51.4 Å². The molecule has 1 aromatic carbocycles. The van der Waals surface area contributed by atoms with Gasteiger partial charge in [-0.15, -0.1) is 0 Å². The zero-order valence-electron chi connectivity index (χ0n) is 13.3. The van der Waals surface area contributed by atoms with Crippen LogP contribution in [0.2, 0.25) is 0 Å². The summed E-state index contributed by atoms with van der Waals surface area (Å²) in [5.41, 5.74) is 11.3. The summed E-state index contributed by atoms with van der Waals surface area (Å²) in [6, 6.07) is 3.64. The van der Waals surface area contributed by atoms with Gasteiger partial charge in [-0.3, -0.25) is 4.79 Å². The van der Waals surface area contributed by atoms with Crippen LogP contribution in [-0.4, -0.2) is 10.9 Å². The zero-order chi connectivity index (χ0) is 16.2. The molecule has 0 bridgehead atoms. The van der Waals surface area contributed by atoms with E-state index in [-0.39, 0.29) is 11.2 Å². The molecule has 4 atom stereocenters. The van der Waals surface area contributed by atoms with E-state index in [9.17, 15) is 9.90 Å². The van der Waals surface area contributed by atoms with Crippen LogP contribution in [0.25, 0.3) is 10.4 Å². The monoisotopic (exact) mass is 311 g/mol. The highest BCUT2D eigenvalue weighted by atomic mass is 16.3. The number of aryl methyl sites for hydroxylation is 1. The van der Waals surface area contributed by atoms with Crippen LogP contribution in [0.3, 0.4) is 0 Å². The fourth-order valence-corrected chi connectivity index (χ4v) is 5.50. The van der Waals surface area contributed by atoms with Gasteiger partial charge < -0.3 is 5.11 Å². The molecule has 1 N–H and O–H groups in total. The summed E-state index contributed by atoms with van der Waals surface area (Å²) in [6.45, 7) is 2.17. The number of ketones is 1. The first-order valence-corrected chi connectivity index (χ1v) is 8.49. The van der Waals surface area contributed by atoms with Crippen molar-refractivity contribution >= 4 is 11.5 Å². The fraction of sp³-hybridized carbons (Fsp3) is 0.611. The number of carbonyl (C=O) groups excluding carboxylic acids is 1. The molecule has 1 aromatic rings. The Morgan fingerprint density at radius 1 is 1.30 bits per heavy atom. The number of aromatic hydroxyl groups is 1. The average Bonchev–Trinajstić information content (AvgIpc) is 2.84. The lowest BCUT2D eigenvalue weighted by Crippen LogP contribution is -2.42. The van der Waals surface area contributed by atoms with Crippen molar-refractivity contribution in [3.8, 4) is 5.75 Å². The van der Waals surface area contributed by atoms with Crippen LogP contribution in [0.1, 0.15) is 56.1 Å². The molecule has 2 saturated carbocycles. The van der Waals surface area contributed by atoms with Gasteiger partial charge >= 0.3 is 0 Å². The highest BCUT2D eigenvalue weighted by Crippen LogP contribution is 2.60. The normalized spacial score (nSPS) is 35.0. The number of phenolic OH excluding ortho intramolecular Hbond substituents is 1. The molecule has 5 heteroatoms. The first-order chi connectivity index (χ1) is 11.0. The van der Waals surface area contributed by atoms with E-state index >= 15 is 0 Å². The number of carbonyl (C=O) groups is 1. The van der Waals surface area contributed by atoms with Crippen LogP contribution < -0.4 is 0 Å². The number of hydrogen-bond acceptors (Lipinski definition) is 3. The summed E-state index contributed by atoms with van der Waals surface area (Å²) < 4.78 is 0. The summed E-state index contributed by atoms with van der Waals surface area (Å²) in [4.78, 5) is 15.2. The summed E-state index contributed by atoms with van der Waals surface area (Å²) >= 11 is 0. The minimum atomic E-state index is -0.122. The molecule has 120 valence electrons. The van der Waals surface area contributed by atoms with E-state index in [2.05, 4.69) is 16.9 Å². The van der Waals surface area contributed by atoms with Gasteiger partial charge in [0, 0.05) is 16.7 Å². The lowest BCUT2D eigenvalue weighted by molar-refractivity contribution is -0.129. The minimum absolute atomic E-state index is 0.0664. The maximum Gasteiger partial charge on any atom is 0.139 e. The summed E-state index contributed by atoms with van der Waals surface area (Å²) in [7, 11) is 0. The van der Waals surface area contributed by atoms with Crippen molar-refractivity contribution in [2.24, 2.45) is 22.4 Å². The Hall–Kier alpha value is -2.00. The second-order valence-electron chi connectivity index (χ2n) is 7.56. The van der Waals surface area contributed by atoms with Crippen LogP contribution in [0.5, 0.6) is 5.75 Å². The van der Waals surface area contributed by atoms with E-state index in [1.165, 1.54) is 11.1 Å². The van der Waals surface area contributed by atoms with Gasteiger partial charge in [0.2, 0.25) is 0 Å². The molecule has 0 radical (unpaired) electrons. The molecule has 3 aliphatic carbocycles. The van der Waals surface area contributed by atoms with Crippen molar-refractivity contribution in [2.75, 3.05) is 0 Å². The molecule has 0 aromatic heterocycles. The maximum absolute atomic E-state index is 12.3. The van der Waals surface area contributed by atoms with Crippen molar-refractivity contribution in [3.05, 3.63) is 33.7 Å². The van der Waals surface area contributed by atoms with Gasteiger partial charge in [-0.05, 0) is 78.6 Å². The number of fused-ring (bicyclic) bond motifs is 5. The second kappa shape index (κ2) is 5.00. The number of phenols is 1. The van der Waals surface area contributed by atoms with Gasteiger partial charge in [0.05, 0.1) is 5.69 Å². The van der Waals surface area contributed by atoms with Crippen molar-refractivity contribution in [1.82, 2.24) is 0 Å². The third kappa shape index (κ3) is 1.99. The first-order valence-electron chi connectivity index (χ1n) is 8.49. The summed E-state index contributed by atoms with van der Waals surface area (Å²) in [6.07, 6.45) is 5.74. The van der Waals surface area contributed by atoms with Crippen LogP contribution in [0, 0.1) is 17.3 Å². The SMILES string of the molecule is C[C@]12CC[C@@H]3c4cc(N=[N+]=[N-])c(O)cc4CC[C@H]3[C@@H]1CCC2=O. The van der Waals surface area contributed by atoms with E-state index in [1.54, 1.807) is 6.07 Å². The molecule has 0 spiro atoms. The Kier molecular flexibility index (Phi) is 3.17. The Morgan fingerprint density at radius 3 is 2.91 bits per heavy atom. The van der Waals surface area contributed by atoms with Gasteiger partial charge in [0.1, 0.15) is 11.5 Å². The predicted octanol–water partition coefficient (Wildman–Crippen LogP) is 4.76. The third-order valence-corrected chi connectivity index (χ3v) is 6.68. The molecule has 5 nitrogen and oxygen atoms in total. The molecule has 23 heavy (non-hydrogen) atoms. The van der Waals surface area contributed by atoms with Crippen molar-refractivity contribution in [3.63, 3.8) is 0 Å². The molecule has 0 heterocycles. The topological polar surface area (TPSA) is 86.1 Å². The molecular formula is C18H21N3O2. The first kappa shape index (κ1) is 14.6. The second-order valence-corrected chi connectivity index (χ2v) is 7.56. The van der Waals surface area contributed by atoms with Gasteiger partial charge in [-0.2, -0.15) is 0 Å². The molecule has 3 aliphatic rings. The summed E-state index contributed by atoms with van der Waals surface area (Å²) in [5.74, 6) is 1.97. The van der Waals surface area contributed by atoms with Gasteiger partial charge in [-0.1, -0.05) is 12.0 Å². The number of azide groups is 1. The molecule has 0 saturated heterocycles. The fourth-order valence-electron chi connectivity index (χ4n) is 5.50. The Bertz CT molecular complexity index is 738. The number of benzene rings is 1. The standard InChI is InChI=1S/C18H21N3O2/c1-18-7-6-11-12(14(18)4-5-17(18)23)3-2-10-8-16(22)15(20-21-19)9-13(10)11/h8-9,11-12,14,22H,2-7H2,1H3/t11-,12+,14-,18-/m0/s1. The number of Topliss-reactive ketones (excluding diaryl/α,β-unsaturated/α-hetero) is 1. The molecule has 2 fully saturated rings. The van der Waals surface area contributed by atoms with Gasteiger partial charge in [-0.25, -0.2) is 0 Å². The number of nitrogens with zero attached hydrogens (tertiary/aromatic N) is 3. The predicted molar refractivity (Wildman–Crippen MR) is 86.5 cm³/mol. The third-order valence-electron chi connectivity index (χ3n) is 6.68. The van der Waals surface area contributed by atoms with Crippen LogP contribution in [0.15, 0.2) is 17.2 Å². The molecule has 0 unspecified atom stereocenters.